The Bertz CT molecular complexity index is 1030. The summed E-state index contributed by atoms with van der Waals surface area (Å²) >= 11 is 4.03. The predicted molar refractivity (Wildman–Crippen MR) is 104 cm³/mol. The number of sulfone groups is 1. The fraction of sp³-hybridized carbons (Fsp3) is 0.333. The van der Waals surface area contributed by atoms with E-state index in [4.69, 9.17) is 0 Å². The highest BCUT2D eigenvalue weighted by Gasteiger charge is 2.19. The van der Waals surface area contributed by atoms with Crippen LogP contribution in [-0.2, 0) is 14.6 Å². The first-order chi connectivity index (χ1) is 13.6. The largest absolute Gasteiger partial charge is 0.299 e. The number of nitrogens with one attached hydrogen (secondary N) is 1. The first-order valence-electron chi connectivity index (χ1n) is 7.89. The summed E-state index contributed by atoms with van der Waals surface area (Å²) in [4.78, 5) is 15.4. The smallest absolute Gasteiger partial charge is 0.186 e. The molecule has 9 nitrogen and oxygen atoms in total. The third-order valence-electron chi connectivity index (χ3n) is 3.27. The summed E-state index contributed by atoms with van der Waals surface area (Å²) in [5.41, 5.74) is 1.46. The van der Waals surface area contributed by atoms with Crippen LogP contribution in [0.5, 0.6) is 0 Å². The quantitative estimate of drug-likeness (QED) is 0.130. The molecular weight excluding hydrogens is 498 g/mol. The highest BCUT2D eigenvalue weighted by Crippen LogP contribution is 2.27. The molecule has 0 saturated carbocycles. The van der Waals surface area contributed by atoms with Crippen LogP contribution in [-0.4, -0.2) is 53.3 Å². The Labute approximate surface area is 176 Å². The highest BCUT2D eigenvalue weighted by atomic mass is 79.9. The standard InChI is InChI=1S/C15H15BrF2N4O5S2/c1-29(25,26)7-8(23)3-2-4-28-15-13(21-27-22-15)14(20-24)19-12-5-9(16)10(17)6-11(12)18/h5-6,24H,2-4,7H2,1H3,(H,19,20). The van der Waals surface area contributed by atoms with E-state index < -0.39 is 33.0 Å². The van der Waals surface area contributed by atoms with E-state index in [1.165, 1.54) is 0 Å². The second kappa shape index (κ2) is 10.2. The normalized spacial score (nSPS) is 12.2. The van der Waals surface area contributed by atoms with Gasteiger partial charge in [0.1, 0.15) is 23.0 Å². The minimum Gasteiger partial charge on any atom is -0.299 e. The molecule has 1 aromatic heterocycles. The highest BCUT2D eigenvalue weighted by molar-refractivity contribution is 9.10. The van der Waals surface area contributed by atoms with Crippen molar-refractivity contribution >= 4 is 54.8 Å². The molecule has 2 N–H and O–H groups in total. The molecule has 0 saturated heterocycles. The molecule has 0 atom stereocenters. The summed E-state index contributed by atoms with van der Waals surface area (Å²) in [6.07, 6.45) is 1.41. The maximum atomic E-state index is 13.9. The summed E-state index contributed by atoms with van der Waals surface area (Å²) in [7, 11) is -3.37. The first-order valence-corrected chi connectivity index (χ1v) is 11.7. The number of benzene rings is 1. The molecule has 1 aromatic carbocycles. The number of Topliss-reactive ketones (excluding diaryl/α,β-unsaturated/α-hetero) is 1. The third-order valence-corrected chi connectivity index (χ3v) is 5.76. The number of thioether (sulfide) groups is 1. The van der Waals surface area contributed by atoms with E-state index in [-0.39, 0.29) is 33.1 Å². The molecule has 0 aliphatic heterocycles. The number of hydrogen-bond donors (Lipinski definition) is 2. The molecule has 0 aliphatic carbocycles. The van der Waals surface area contributed by atoms with Crippen LogP contribution in [0.15, 0.2) is 31.3 Å². The lowest BCUT2D eigenvalue weighted by Gasteiger charge is -2.05. The lowest BCUT2D eigenvalue weighted by molar-refractivity contribution is -0.116. The lowest BCUT2D eigenvalue weighted by Crippen LogP contribution is -2.21. The van der Waals surface area contributed by atoms with Gasteiger partial charge in [0, 0.05) is 24.5 Å². The molecular formula is C15H15BrF2N4O5S2. The molecule has 2 rings (SSSR count). The van der Waals surface area contributed by atoms with Crippen LogP contribution in [0.25, 0.3) is 0 Å². The van der Waals surface area contributed by atoms with Gasteiger partial charge in [-0.1, -0.05) is 0 Å². The summed E-state index contributed by atoms with van der Waals surface area (Å²) in [6, 6.07) is 1.71. The van der Waals surface area contributed by atoms with Gasteiger partial charge in [-0.25, -0.2) is 26.8 Å². The van der Waals surface area contributed by atoms with Gasteiger partial charge in [0.05, 0.1) is 4.47 Å². The number of hydrogen-bond acceptors (Lipinski definition) is 9. The van der Waals surface area contributed by atoms with E-state index in [9.17, 15) is 27.2 Å². The van der Waals surface area contributed by atoms with E-state index in [0.29, 0.717) is 18.2 Å². The number of aliphatic imine (C=N–C) groups is 1. The van der Waals surface area contributed by atoms with Crippen LogP contribution < -0.4 is 5.48 Å². The van der Waals surface area contributed by atoms with Crippen molar-refractivity contribution in [1.82, 2.24) is 15.8 Å². The molecule has 0 fully saturated rings. The zero-order chi connectivity index (χ0) is 21.6. The second-order valence-electron chi connectivity index (χ2n) is 5.77. The summed E-state index contributed by atoms with van der Waals surface area (Å²) < 4.78 is 54.0. The molecule has 29 heavy (non-hydrogen) atoms. The van der Waals surface area contributed by atoms with Gasteiger partial charge in [-0.3, -0.25) is 15.5 Å². The van der Waals surface area contributed by atoms with Crippen LogP contribution in [0.1, 0.15) is 18.5 Å². The molecule has 0 bridgehead atoms. The van der Waals surface area contributed by atoms with Crippen LogP contribution in [0, 0.1) is 11.6 Å². The Morgan fingerprint density at radius 3 is 2.72 bits per heavy atom. The number of nitrogens with zero attached hydrogens (tertiary/aromatic N) is 3. The average Bonchev–Trinajstić information content (AvgIpc) is 3.07. The number of halogens is 3. The predicted octanol–water partition coefficient (Wildman–Crippen LogP) is 2.65. The number of carbonyl (C=O) groups is 1. The first kappa shape index (κ1) is 23.4. The fourth-order valence-electron chi connectivity index (χ4n) is 2.07. The van der Waals surface area contributed by atoms with E-state index in [1.807, 2.05) is 0 Å². The minimum absolute atomic E-state index is 0.0263. The van der Waals surface area contributed by atoms with Crippen LogP contribution >= 0.6 is 27.7 Å². The van der Waals surface area contributed by atoms with Crippen molar-refractivity contribution in [2.45, 2.75) is 17.9 Å². The molecule has 0 radical (unpaired) electrons. The fourth-order valence-corrected chi connectivity index (χ4v) is 3.97. The topological polar surface area (TPSA) is 135 Å². The maximum absolute atomic E-state index is 13.9. The Morgan fingerprint density at radius 2 is 2.07 bits per heavy atom. The van der Waals surface area contributed by atoms with Crippen LogP contribution in [0.3, 0.4) is 0 Å². The van der Waals surface area contributed by atoms with Gasteiger partial charge in [-0.05, 0) is 38.7 Å². The molecule has 0 spiro atoms. The number of rotatable bonds is 9. The maximum Gasteiger partial charge on any atom is 0.186 e. The van der Waals surface area contributed by atoms with Crippen molar-refractivity contribution < 1.29 is 31.8 Å². The Balaban J connectivity index is 2.08. The van der Waals surface area contributed by atoms with Gasteiger partial charge in [0.2, 0.25) is 0 Å². The van der Waals surface area contributed by atoms with Crippen molar-refractivity contribution in [2.24, 2.45) is 4.99 Å². The van der Waals surface area contributed by atoms with Gasteiger partial charge in [0.25, 0.3) is 0 Å². The summed E-state index contributed by atoms with van der Waals surface area (Å²) in [6.45, 7) is 0. The van der Waals surface area contributed by atoms with Crippen molar-refractivity contribution in [3.05, 3.63) is 33.9 Å². The van der Waals surface area contributed by atoms with E-state index in [2.05, 4.69) is 35.9 Å². The average molecular weight is 513 g/mol. The molecule has 0 unspecified atom stereocenters. The summed E-state index contributed by atoms with van der Waals surface area (Å²) in [5, 5.41) is 16.8. The monoisotopic (exact) mass is 512 g/mol. The number of amidine groups is 1. The van der Waals surface area contributed by atoms with Gasteiger partial charge in [0.15, 0.2) is 32.2 Å². The van der Waals surface area contributed by atoms with Crippen molar-refractivity contribution in [1.29, 1.82) is 0 Å². The lowest BCUT2D eigenvalue weighted by atomic mass is 10.2. The molecule has 1 heterocycles. The van der Waals surface area contributed by atoms with Crippen molar-refractivity contribution in [2.75, 3.05) is 17.8 Å². The number of aromatic nitrogens is 2. The van der Waals surface area contributed by atoms with Gasteiger partial charge in [-0.2, -0.15) is 0 Å². The minimum atomic E-state index is -3.37. The van der Waals surface area contributed by atoms with Gasteiger partial charge in [-0.15, -0.1) is 11.8 Å². The van der Waals surface area contributed by atoms with Crippen LogP contribution in [0.2, 0.25) is 0 Å². The third kappa shape index (κ3) is 7.13. The number of hydroxylamine groups is 1. The van der Waals surface area contributed by atoms with E-state index in [1.54, 1.807) is 5.48 Å². The number of carbonyl (C=O) groups excluding carboxylic acids is 1. The SMILES string of the molecule is CS(=O)(=O)CC(=O)CCCSc1nonc1C(=Nc1cc(Br)c(F)cc1F)NO. The molecule has 158 valence electrons. The molecule has 0 amide bonds. The van der Waals surface area contributed by atoms with Gasteiger partial charge < -0.3 is 0 Å². The van der Waals surface area contributed by atoms with E-state index >= 15 is 0 Å². The Morgan fingerprint density at radius 1 is 1.34 bits per heavy atom. The Kier molecular flexibility index (Phi) is 8.24. The Hall–Kier alpha value is -1.90. The molecule has 14 heteroatoms. The zero-order valence-corrected chi connectivity index (χ0v) is 18.1. The second-order valence-corrected chi connectivity index (χ2v) is 9.85. The van der Waals surface area contributed by atoms with Crippen LogP contribution in [0.4, 0.5) is 14.5 Å². The summed E-state index contributed by atoms with van der Waals surface area (Å²) in [5.74, 6) is -2.62. The van der Waals surface area contributed by atoms with Crippen molar-refractivity contribution in [3.8, 4) is 0 Å². The molecule has 0 aliphatic rings. The number of ketones is 1. The van der Waals surface area contributed by atoms with Gasteiger partial charge >= 0.3 is 0 Å². The van der Waals surface area contributed by atoms with E-state index in [0.717, 1.165) is 24.1 Å². The van der Waals surface area contributed by atoms with Crippen molar-refractivity contribution in [3.63, 3.8) is 0 Å². The zero-order valence-electron chi connectivity index (χ0n) is 14.9. The molecule has 2 aromatic rings.